The molecular weight excluding hydrogens is 549 g/mol. The molecule has 4 aromatic rings. The van der Waals surface area contributed by atoms with E-state index in [4.69, 9.17) is 19.5 Å². The van der Waals surface area contributed by atoms with E-state index in [1.807, 2.05) is 67.3 Å². The summed E-state index contributed by atoms with van der Waals surface area (Å²) in [4.78, 5) is 14.5. The maximum Gasteiger partial charge on any atom is 0.192 e. The molecule has 4 rings (SSSR count). The zero-order chi connectivity index (χ0) is 30.0. The first kappa shape index (κ1) is 31.1. The summed E-state index contributed by atoms with van der Waals surface area (Å²) in [6.07, 6.45) is 6.28. The van der Waals surface area contributed by atoms with Gasteiger partial charge in [-0.25, -0.2) is 23.8 Å². The number of rotatable bonds is 11. The fraction of sp³-hybridized carbons (Fsp3) is 0.484. The number of aromatic nitrogens is 5. The molecule has 220 valence electrons. The van der Waals surface area contributed by atoms with Crippen LogP contribution in [-0.2, 0) is 22.0 Å². The second-order valence-electron chi connectivity index (χ2n) is 12.9. The Hall–Kier alpha value is -2.79. The minimum Gasteiger partial charge on any atom is -0.411 e. The number of hydrogen-bond acceptors (Lipinski definition) is 6. The smallest absolute Gasteiger partial charge is 0.192 e. The molecule has 0 amide bonds. The van der Waals surface area contributed by atoms with E-state index in [2.05, 4.69) is 56.9 Å². The van der Waals surface area contributed by atoms with Crippen LogP contribution in [0.4, 0.5) is 0 Å². The molecule has 0 saturated carbocycles. The van der Waals surface area contributed by atoms with Crippen molar-refractivity contribution in [3.63, 3.8) is 0 Å². The van der Waals surface area contributed by atoms with Gasteiger partial charge >= 0.3 is 0 Å². The summed E-state index contributed by atoms with van der Waals surface area (Å²) in [5.41, 5.74) is 3.65. The van der Waals surface area contributed by atoms with Crippen molar-refractivity contribution in [1.29, 1.82) is 0 Å². The first-order valence-corrected chi connectivity index (χ1v) is 18.4. The predicted octanol–water partition coefficient (Wildman–Crippen LogP) is 7.07. The zero-order valence-corrected chi connectivity index (χ0v) is 27.5. The molecule has 2 N–H and O–H groups in total. The van der Waals surface area contributed by atoms with Crippen molar-refractivity contribution in [2.24, 2.45) is 5.14 Å². The number of nitrogens with zero attached hydrogens (tertiary/aromatic N) is 5. The summed E-state index contributed by atoms with van der Waals surface area (Å²) in [6.45, 7) is 17.7. The van der Waals surface area contributed by atoms with Gasteiger partial charge in [0.15, 0.2) is 20.0 Å². The molecule has 3 heterocycles. The van der Waals surface area contributed by atoms with Crippen LogP contribution in [0.5, 0.6) is 0 Å². The van der Waals surface area contributed by atoms with Gasteiger partial charge in [0.1, 0.15) is 0 Å². The summed E-state index contributed by atoms with van der Waals surface area (Å²) in [6, 6.07) is 14.1. The highest BCUT2D eigenvalue weighted by Gasteiger charge is 2.37. The Kier molecular flexibility index (Phi) is 9.28. The minimum atomic E-state index is -1.90. The second kappa shape index (κ2) is 12.2. The average Bonchev–Trinajstić information content (AvgIpc) is 3.34. The van der Waals surface area contributed by atoms with Crippen LogP contribution in [0.25, 0.3) is 28.1 Å². The van der Waals surface area contributed by atoms with Gasteiger partial charge in [-0.15, -0.1) is 0 Å². The first-order chi connectivity index (χ1) is 19.2. The molecule has 2 atom stereocenters. The van der Waals surface area contributed by atoms with E-state index in [1.165, 1.54) is 0 Å². The third-order valence-corrected chi connectivity index (χ3v) is 14.0. The Morgan fingerprint density at radius 1 is 1.07 bits per heavy atom. The van der Waals surface area contributed by atoms with E-state index >= 15 is 0 Å². The molecule has 3 aromatic heterocycles. The van der Waals surface area contributed by atoms with Crippen LogP contribution < -0.4 is 5.14 Å². The van der Waals surface area contributed by atoms with Gasteiger partial charge in [-0.1, -0.05) is 52.3 Å². The summed E-state index contributed by atoms with van der Waals surface area (Å²) < 4.78 is 19.9. The molecule has 1 aromatic carbocycles. The molecular formula is C31H44N6O2SSi. The average molecular weight is 593 g/mol. The van der Waals surface area contributed by atoms with Gasteiger partial charge in [-0.2, -0.15) is 5.10 Å². The Balaban J connectivity index is 1.64. The Bertz CT molecular complexity index is 1530. The lowest BCUT2D eigenvalue weighted by atomic mass is 9.89. The molecule has 0 aliphatic rings. The molecule has 8 nitrogen and oxygen atoms in total. The van der Waals surface area contributed by atoms with Crippen molar-refractivity contribution in [2.45, 2.75) is 96.2 Å². The van der Waals surface area contributed by atoms with Crippen molar-refractivity contribution < 1.29 is 8.63 Å². The highest BCUT2D eigenvalue weighted by Crippen LogP contribution is 2.37. The number of nitrogens with two attached hydrogens (primary N) is 1. The minimum absolute atomic E-state index is 0.133. The quantitative estimate of drug-likeness (QED) is 0.187. The summed E-state index contributed by atoms with van der Waals surface area (Å²) in [5, 5.41) is 11.6. The van der Waals surface area contributed by atoms with E-state index < -0.39 is 24.1 Å². The lowest BCUT2D eigenvalue weighted by molar-refractivity contribution is 0.272. The topological polar surface area (TPSA) is 109 Å². The van der Waals surface area contributed by atoms with Crippen molar-refractivity contribution >= 4 is 30.2 Å². The number of hydrogen-bond donors (Lipinski definition) is 1. The van der Waals surface area contributed by atoms with Crippen LogP contribution in [0, 0.1) is 0 Å². The molecule has 0 fully saturated rings. The molecule has 0 spiro atoms. The highest BCUT2D eigenvalue weighted by molar-refractivity contribution is 7.84. The van der Waals surface area contributed by atoms with Crippen LogP contribution in [0.15, 0.2) is 54.9 Å². The third-order valence-electron chi connectivity index (χ3n) is 8.24. The standard InChI is InChI=1S/C31H44N6O2SSi/c1-9-11-23(19-31(5,6)40(32)38)26-16-17-33-29(36-26)22-14-15-24-20-34-37(27(24)18-22)28-13-10-12-25(35-28)21-39-41(7,8)30(2,3)4/h10,12-18,20,23H,9,11,19,21,32H2,1-8H3/t23-,40?/m1/s1. The molecule has 10 heteroatoms. The maximum atomic E-state index is 12.2. The van der Waals surface area contributed by atoms with Gasteiger partial charge in [0.05, 0.1) is 39.7 Å². The van der Waals surface area contributed by atoms with Crippen LogP contribution >= 0.6 is 0 Å². The van der Waals surface area contributed by atoms with Crippen molar-refractivity contribution in [2.75, 3.05) is 0 Å². The number of pyridine rings is 1. The van der Waals surface area contributed by atoms with Crippen LogP contribution in [-0.4, -0.2) is 42.0 Å². The molecule has 0 radical (unpaired) electrons. The molecule has 0 bridgehead atoms. The van der Waals surface area contributed by atoms with Gasteiger partial charge in [0.2, 0.25) is 0 Å². The van der Waals surface area contributed by atoms with Crippen LogP contribution in [0.2, 0.25) is 18.1 Å². The monoisotopic (exact) mass is 592 g/mol. The normalized spacial score (nSPS) is 14.4. The first-order valence-electron chi connectivity index (χ1n) is 14.3. The fourth-order valence-electron chi connectivity index (χ4n) is 4.59. The molecule has 1 unspecified atom stereocenters. The van der Waals surface area contributed by atoms with Crippen LogP contribution in [0.3, 0.4) is 0 Å². The second-order valence-corrected chi connectivity index (χ2v) is 19.4. The third kappa shape index (κ3) is 7.17. The lowest BCUT2D eigenvalue weighted by Crippen LogP contribution is -2.40. The Labute approximate surface area is 247 Å². The lowest BCUT2D eigenvalue weighted by Gasteiger charge is -2.36. The van der Waals surface area contributed by atoms with Gasteiger partial charge < -0.3 is 4.43 Å². The number of fused-ring (bicyclic) bond motifs is 1. The van der Waals surface area contributed by atoms with E-state index in [0.717, 1.165) is 46.5 Å². The van der Waals surface area contributed by atoms with Gasteiger partial charge in [0, 0.05) is 28.8 Å². The molecule has 0 aliphatic heterocycles. The molecule has 41 heavy (non-hydrogen) atoms. The van der Waals surface area contributed by atoms with Gasteiger partial charge in [-0.3, -0.25) is 5.14 Å². The predicted molar refractivity (Wildman–Crippen MR) is 171 cm³/mol. The zero-order valence-electron chi connectivity index (χ0n) is 25.6. The summed E-state index contributed by atoms with van der Waals surface area (Å²) >= 11 is 0. The molecule has 0 saturated heterocycles. The summed E-state index contributed by atoms with van der Waals surface area (Å²) in [7, 11) is -3.32. The largest absolute Gasteiger partial charge is 0.411 e. The SMILES string of the molecule is CCC[C@H](CC(C)(C)S(N)=O)c1ccnc(-c2ccc3cnn(-c4cccc(CO[Si](C)(C)C(C)(C)C)n4)c3c2)n1. The van der Waals surface area contributed by atoms with Crippen molar-refractivity contribution in [1.82, 2.24) is 24.7 Å². The van der Waals surface area contributed by atoms with E-state index in [-0.39, 0.29) is 11.0 Å². The van der Waals surface area contributed by atoms with E-state index in [0.29, 0.717) is 18.9 Å². The maximum absolute atomic E-state index is 12.2. The Morgan fingerprint density at radius 3 is 2.51 bits per heavy atom. The van der Waals surface area contributed by atoms with Crippen LogP contribution in [0.1, 0.15) is 78.1 Å². The summed E-state index contributed by atoms with van der Waals surface area (Å²) in [5.74, 6) is 1.52. The fourth-order valence-corrected chi connectivity index (χ4v) is 5.90. The van der Waals surface area contributed by atoms with E-state index in [1.54, 1.807) is 0 Å². The van der Waals surface area contributed by atoms with Crippen molar-refractivity contribution in [3.05, 3.63) is 66.2 Å². The Morgan fingerprint density at radius 2 is 1.83 bits per heavy atom. The van der Waals surface area contributed by atoms with E-state index in [9.17, 15) is 4.21 Å². The highest BCUT2D eigenvalue weighted by atomic mass is 32.2. The number of benzene rings is 1. The van der Waals surface area contributed by atoms with Gasteiger partial charge in [0.25, 0.3) is 0 Å². The molecule has 0 aliphatic carbocycles. The van der Waals surface area contributed by atoms with Crippen molar-refractivity contribution in [3.8, 4) is 17.2 Å². The van der Waals surface area contributed by atoms with Gasteiger partial charge in [-0.05, 0) is 69.1 Å².